The van der Waals surface area contributed by atoms with Crippen LogP contribution in [-0.4, -0.2) is 19.9 Å². The maximum absolute atomic E-state index is 14.0. The van der Waals surface area contributed by atoms with Gasteiger partial charge in [-0.2, -0.15) is 0 Å². The summed E-state index contributed by atoms with van der Waals surface area (Å²) < 4.78 is 15.1. The number of nitrogens with one attached hydrogen (secondary N) is 2. The number of para-hydroxylation sites is 1. The standard InChI is InChI=1S/C23H18FN5S/c1-14-5-4-8-18(27-14)22-23(20-11-15-12-25-10-9-19(15)30-20)29-21(28-22)13-26-17-7-3-2-6-16(17)24/h2-12,26H,13H2,1H3,(H,28,29). The molecular weight excluding hydrogens is 397 g/mol. The van der Waals surface area contributed by atoms with Crippen LogP contribution >= 0.6 is 11.3 Å². The molecule has 30 heavy (non-hydrogen) atoms. The van der Waals surface area contributed by atoms with Crippen molar-refractivity contribution in [2.24, 2.45) is 0 Å². The normalized spacial score (nSPS) is 11.1. The van der Waals surface area contributed by atoms with Gasteiger partial charge in [0.1, 0.15) is 17.3 Å². The van der Waals surface area contributed by atoms with Gasteiger partial charge in [-0.15, -0.1) is 11.3 Å². The number of aryl methyl sites for hydroxylation is 1. The van der Waals surface area contributed by atoms with Crippen LogP contribution in [0.25, 0.3) is 32.0 Å². The van der Waals surface area contributed by atoms with E-state index in [4.69, 9.17) is 4.98 Å². The highest BCUT2D eigenvalue weighted by molar-refractivity contribution is 7.22. The van der Waals surface area contributed by atoms with E-state index in [1.807, 2.05) is 37.4 Å². The van der Waals surface area contributed by atoms with Gasteiger partial charge < -0.3 is 10.3 Å². The van der Waals surface area contributed by atoms with E-state index in [2.05, 4.69) is 26.3 Å². The number of fused-ring (bicyclic) bond motifs is 1. The minimum atomic E-state index is -0.290. The van der Waals surface area contributed by atoms with Crippen molar-refractivity contribution in [2.45, 2.75) is 13.5 Å². The molecule has 0 aliphatic rings. The summed E-state index contributed by atoms with van der Waals surface area (Å²) in [6.07, 6.45) is 3.65. The Morgan fingerprint density at radius 3 is 2.80 bits per heavy atom. The minimum absolute atomic E-state index is 0.290. The van der Waals surface area contributed by atoms with Crippen molar-refractivity contribution in [2.75, 3.05) is 5.32 Å². The molecule has 0 spiro atoms. The summed E-state index contributed by atoms with van der Waals surface area (Å²) in [6.45, 7) is 2.33. The van der Waals surface area contributed by atoms with E-state index >= 15 is 0 Å². The zero-order valence-corrected chi connectivity index (χ0v) is 17.0. The fourth-order valence-electron chi connectivity index (χ4n) is 3.34. The molecule has 0 saturated heterocycles. The van der Waals surface area contributed by atoms with Gasteiger partial charge in [-0.3, -0.25) is 9.97 Å². The number of aromatic amines is 1. The van der Waals surface area contributed by atoms with E-state index in [0.717, 1.165) is 37.7 Å². The molecule has 5 aromatic rings. The number of thiophene rings is 1. The second-order valence-corrected chi connectivity index (χ2v) is 8.01. The molecule has 7 heteroatoms. The molecule has 1 aromatic carbocycles. The molecule has 0 atom stereocenters. The fraction of sp³-hybridized carbons (Fsp3) is 0.0870. The largest absolute Gasteiger partial charge is 0.375 e. The van der Waals surface area contributed by atoms with Crippen molar-refractivity contribution in [1.82, 2.24) is 19.9 Å². The average molecular weight is 415 g/mol. The van der Waals surface area contributed by atoms with Crippen molar-refractivity contribution in [1.29, 1.82) is 0 Å². The van der Waals surface area contributed by atoms with Crippen LogP contribution < -0.4 is 5.32 Å². The van der Waals surface area contributed by atoms with E-state index in [9.17, 15) is 4.39 Å². The van der Waals surface area contributed by atoms with Gasteiger partial charge in [-0.1, -0.05) is 18.2 Å². The first kappa shape index (κ1) is 18.4. The number of hydrogen-bond acceptors (Lipinski definition) is 5. The summed E-state index contributed by atoms with van der Waals surface area (Å²) in [6, 6.07) is 16.6. The summed E-state index contributed by atoms with van der Waals surface area (Å²) in [7, 11) is 0. The number of pyridine rings is 2. The lowest BCUT2D eigenvalue weighted by Gasteiger charge is -2.04. The van der Waals surface area contributed by atoms with Gasteiger partial charge in [0.15, 0.2) is 0 Å². The highest BCUT2D eigenvalue weighted by Crippen LogP contribution is 2.37. The van der Waals surface area contributed by atoms with Gasteiger partial charge >= 0.3 is 0 Å². The Morgan fingerprint density at radius 1 is 1.07 bits per heavy atom. The van der Waals surface area contributed by atoms with Crippen LogP contribution in [0.1, 0.15) is 11.5 Å². The van der Waals surface area contributed by atoms with Crippen LogP contribution in [0.2, 0.25) is 0 Å². The Hall–Kier alpha value is -3.58. The third-order valence-electron chi connectivity index (χ3n) is 4.77. The van der Waals surface area contributed by atoms with Crippen molar-refractivity contribution < 1.29 is 4.39 Å². The van der Waals surface area contributed by atoms with Crippen molar-refractivity contribution in [3.63, 3.8) is 0 Å². The number of H-pyrrole nitrogens is 1. The summed E-state index contributed by atoms with van der Waals surface area (Å²) in [5, 5.41) is 4.20. The zero-order valence-electron chi connectivity index (χ0n) is 16.2. The molecule has 0 aliphatic heterocycles. The molecule has 148 valence electrons. The number of rotatable bonds is 5. The van der Waals surface area contributed by atoms with E-state index < -0.39 is 0 Å². The number of benzene rings is 1. The third-order valence-corrected chi connectivity index (χ3v) is 5.90. The van der Waals surface area contributed by atoms with Gasteiger partial charge in [-0.05, 0) is 43.3 Å². The second-order valence-electron chi connectivity index (χ2n) is 6.93. The van der Waals surface area contributed by atoms with E-state index in [-0.39, 0.29) is 5.82 Å². The average Bonchev–Trinajstić information content (AvgIpc) is 3.37. The lowest BCUT2D eigenvalue weighted by atomic mass is 10.2. The van der Waals surface area contributed by atoms with Gasteiger partial charge in [0.2, 0.25) is 0 Å². The van der Waals surface area contributed by atoms with Gasteiger partial charge in [0, 0.05) is 28.2 Å². The van der Waals surface area contributed by atoms with Crippen molar-refractivity contribution >= 4 is 27.1 Å². The van der Waals surface area contributed by atoms with Crippen molar-refractivity contribution in [3.05, 3.63) is 84.3 Å². The molecule has 0 saturated carbocycles. The van der Waals surface area contributed by atoms with Gasteiger partial charge in [0.25, 0.3) is 0 Å². The lowest BCUT2D eigenvalue weighted by molar-refractivity contribution is 0.630. The molecule has 4 aromatic heterocycles. The van der Waals surface area contributed by atoms with Crippen LogP contribution in [0.5, 0.6) is 0 Å². The van der Waals surface area contributed by atoms with Crippen LogP contribution in [0.15, 0.2) is 67.0 Å². The Balaban J connectivity index is 1.56. The Morgan fingerprint density at radius 2 is 1.97 bits per heavy atom. The molecule has 5 rings (SSSR count). The predicted molar refractivity (Wildman–Crippen MR) is 119 cm³/mol. The molecule has 0 bridgehead atoms. The SMILES string of the molecule is Cc1cccc(-c2nc(CNc3ccccc3F)[nH]c2-c2cc3cnccc3s2)n1. The Labute approximate surface area is 176 Å². The Bertz CT molecular complexity index is 1310. The number of hydrogen-bond donors (Lipinski definition) is 2. The summed E-state index contributed by atoms with van der Waals surface area (Å²) in [5.74, 6) is 0.420. The first-order valence-corrected chi connectivity index (χ1v) is 10.3. The minimum Gasteiger partial charge on any atom is -0.375 e. The highest BCUT2D eigenvalue weighted by Gasteiger charge is 2.17. The van der Waals surface area contributed by atoms with Crippen LogP contribution in [-0.2, 0) is 6.54 Å². The Kier molecular flexibility index (Phi) is 4.72. The monoisotopic (exact) mass is 415 g/mol. The van der Waals surface area contributed by atoms with Gasteiger partial charge in [-0.25, -0.2) is 9.37 Å². The van der Waals surface area contributed by atoms with Crippen molar-refractivity contribution in [3.8, 4) is 22.0 Å². The maximum atomic E-state index is 14.0. The number of imidazole rings is 1. The molecule has 0 fully saturated rings. The van der Waals surface area contributed by atoms with Crippen LogP contribution in [0.3, 0.4) is 0 Å². The summed E-state index contributed by atoms with van der Waals surface area (Å²) in [5.41, 5.74) is 3.85. The number of halogens is 1. The molecule has 0 unspecified atom stereocenters. The smallest absolute Gasteiger partial charge is 0.146 e. The van der Waals surface area contributed by atoms with E-state index in [1.165, 1.54) is 6.07 Å². The molecule has 0 amide bonds. The molecular formula is C23H18FN5S. The predicted octanol–water partition coefficient (Wildman–Crippen LogP) is 5.81. The van der Waals surface area contributed by atoms with E-state index in [1.54, 1.807) is 35.7 Å². The highest BCUT2D eigenvalue weighted by atomic mass is 32.1. The summed E-state index contributed by atoms with van der Waals surface area (Å²) >= 11 is 1.67. The maximum Gasteiger partial charge on any atom is 0.146 e. The van der Waals surface area contributed by atoms with Crippen LogP contribution in [0, 0.1) is 12.7 Å². The number of nitrogens with zero attached hydrogens (tertiary/aromatic N) is 3. The molecule has 2 N–H and O–H groups in total. The van der Waals surface area contributed by atoms with Crippen LogP contribution in [0.4, 0.5) is 10.1 Å². The lowest BCUT2D eigenvalue weighted by Crippen LogP contribution is -2.02. The first-order chi connectivity index (χ1) is 14.7. The molecule has 0 radical (unpaired) electrons. The van der Waals surface area contributed by atoms with E-state index in [0.29, 0.717) is 18.1 Å². The number of aromatic nitrogens is 4. The van der Waals surface area contributed by atoms with Gasteiger partial charge in [0.05, 0.1) is 28.5 Å². The fourth-order valence-corrected chi connectivity index (χ4v) is 4.37. The first-order valence-electron chi connectivity index (χ1n) is 9.52. The third kappa shape index (κ3) is 3.55. The molecule has 5 nitrogen and oxygen atoms in total. The number of anilines is 1. The molecule has 4 heterocycles. The molecule has 0 aliphatic carbocycles. The zero-order chi connectivity index (χ0) is 20.5. The second kappa shape index (κ2) is 7.68. The summed E-state index contributed by atoms with van der Waals surface area (Å²) in [4.78, 5) is 18.1. The topological polar surface area (TPSA) is 66.5 Å². The quantitative estimate of drug-likeness (QED) is 0.380.